The highest BCUT2D eigenvalue weighted by molar-refractivity contribution is 7.98. The van der Waals surface area contributed by atoms with Crippen LogP contribution in [-0.2, 0) is 6.54 Å². The first kappa shape index (κ1) is 22.3. The van der Waals surface area contributed by atoms with Crippen LogP contribution in [0.1, 0.15) is 30.0 Å². The monoisotopic (exact) mass is 402 g/mol. The van der Waals surface area contributed by atoms with E-state index in [-0.39, 0.29) is 30.6 Å². The third kappa shape index (κ3) is 5.87. The molecule has 1 saturated heterocycles. The van der Waals surface area contributed by atoms with Gasteiger partial charge in [0.25, 0.3) is 0 Å². The number of thioether (sulfide) groups is 1. The Hall–Kier alpha value is -0.780. The summed E-state index contributed by atoms with van der Waals surface area (Å²) < 4.78 is 13.5. The SMILES string of the molecule is CSc1ccc(F)cc1CNC1CCCNC1c1ccccc1.Cl.Cl. The molecule has 0 radical (unpaired) electrons. The molecule has 2 aromatic carbocycles. The number of halogens is 3. The molecule has 2 atom stereocenters. The third-order valence-electron chi connectivity index (χ3n) is 4.41. The second-order valence-electron chi connectivity index (χ2n) is 5.93. The normalized spacial score (nSPS) is 19.6. The Bertz CT molecular complexity index is 643. The highest BCUT2D eigenvalue weighted by Crippen LogP contribution is 2.25. The third-order valence-corrected chi connectivity index (χ3v) is 5.25. The highest BCUT2D eigenvalue weighted by atomic mass is 35.5. The maximum Gasteiger partial charge on any atom is 0.123 e. The Morgan fingerprint density at radius 3 is 2.64 bits per heavy atom. The van der Waals surface area contributed by atoms with Crippen molar-refractivity contribution in [2.45, 2.75) is 36.4 Å². The molecular weight excluding hydrogens is 378 g/mol. The molecule has 25 heavy (non-hydrogen) atoms. The van der Waals surface area contributed by atoms with E-state index >= 15 is 0 Å². The Balaban J connectivity index is 0.00000156. The number of rotatable bonds is 5. The van der Waals surface area contributed by atoms with Crippen LogP contribution < -0.4 is 10.6 Å². The van der Waals surface area contributed by atoms with Gasteiger partial charge in [-0.15, -0.1) is 36.6 Å². The number of hydrogen-bond acceptors (Lipinski definition) is 3. The van der Waals surface area contributed by atoms with Crippen molar-refractivity contribution in [1.82, 2.24) is 10.6 Å². The smallest absolute Gasteiger partial charge is 0.123 e. The number of piperidine rings is 1. The lowest BCUT2D eigenvalue weighted by Gasteiger charge is -2.34. The van der Waals surface area contributed by atoms with E-state index in [1.807, 2.05) is 18.4 Å². The largest absolute Gasteiger partial charge is 0.309 e. The molecule has 0 spiro atoms. The summed E-state index contributed by atoms with van der Waals surface area (Å²) in [5.41, 5.74) is 2.35. The minimum atomic E-state index is -0.166. The molecule has 1 aliphatic rings. The first-order chi connectivity index (χ1) is 11.3. The van der Waals surface area contributed by atoms with Crippen LogP contribution in [0.4, 0.5) is 4.39 Å². The van der Waals surface area contributed by atoms with E-state index in [0.29, 0.717) is 18.6 Å². The first-order valence-corrected chi connectivity index (χ1v) is 9.34. The lowest BCUT2D eigenvalue weighted by Crippen LogP contribution is -2.45. The van der Waals surface area contributed by atoms with Crippen LogP contribution in [0.25, 0.3) is 0 Å². The molecule has 1 heterocycles. The molecule has 0 aliphatic carbocycles. The molecule has 0 bridgehead atoms. The fourth-order valence-electron chi connectivity index (χ4n) is 3.25. The highest BCUT2D eigenvalue weighted by Gasteiger charge is 2.25. The van der Waals surface area contributed by atoms with Crippen LogP contribution in [-0.4, -0.2) is 18.8 Å². The van der Waals surface area contributed by atoms with Crippen molar-refractivity contribution < 1.29 is 4.39 Å². The van der Waals surface area contributed by atoms with E-state index in [2.05, 4.69) is 34.9 Å². The number of nitrogens with one attached hydrogen (secondary N) is 2. The van der Waals surface area contributed by atoms with Crippen molar-refractivity contribution in [2.24, 2.45) is 0 Å². The molecule has 1 aliphatic heterocycles. The van der Waals surface area contributed by atoms with Crippen LogP contribution >= 0.6 is 36.6 Å². The fourth-order valence-corrected chi connectivity index (χ4v) is 3.84. The molecule has 2 N–H and O–H groups in total. The zero-order valence-electron chi connectivity index (χ0n) is 14.2. The zero-order valence-corrected chi connectivity index (χ0v) is 16.7. The second kappa shape index (κ2) is 11.0. The van der Waals surface area contributed by atoms with E-state index in [0.717, 1.165) is 23.4 Å². The van der Waals surface area contributed by atoms with E-state index in [9.17, 15) is 4.39 Å². The van der Waals surface area contributed by atoms with E-state index < -0.39 is 0 Å². The summed E-state index contributed by atoms with van der Waals surface area (Å²) in [6.45, 7) is 1.75. The molecule has 1 fully saturated rings. The summed E-state index contributed by atoms with van der Waals surface area (Å²) >= 11 is 1.67. The minimum absolute atomic E-state index is 0. The van der Waals surface area contributed by atoms with E-state index in [1.165, 1.54) is 18.1 Å². The van der Waals surface area contributed by atoms with E-state index in [1.54, 1.807) is 17.8 Å². The van der Waals surface area contributed by atoms with Gasteiger partial charge in [0.1, 0.15) is 5.82 Å². The summed E-state index contributed by atoms with van der Waals surface area (Å²) in [4.78, 5) is 1.14. The quantitative estimate of drug-likeness (QED) is 0.689. The van der Waals surface area contributed by atoms with Gasteiger partial charge in [0.05, 0.1) is 0 Å². The number of benzene rings is 2. The van der Waals surface area contributed by atoms with Crippen molar-refractivity contribution >= 4 is 36.6 Å². The lowest BCUT2D eigenvalue weighted by molar-refractivity contribution is 0.304. The second-order valence-corrected chi connectivity index (χ2v) is 6.78. The van der Waals surface area contributed by atoms with Crippen LogP contribution in [0.5, 0.6) is 0 Å². The van der Waals surface area contributed by atoms with Gasteiger partial charge in [0.15, 0.2) is 0 Å². The maximum absolute atomic E-state index is 13.5. The Labute approximate surface area is 166 Å². The van der Waals surface area contributed by atoms with Gasteiger partial charge in [-0.1, -0.05) is 30.3 Å². The molecule has 2 aromatic rings. The average molecular weight is 403 g/mol. The van der Waals surface area contributed by atoms with Crippen molar-refractivity contribution in [3.8, 4) is 0 Å². The van der Waals surface area contributed by atoms with Crippen LogP contribution in [0.3, 0.4) is 0 Å². The van der Waals surface area contributed by atoms with Gasteiger partial charge in [-0.05, 0) is 55.0 Å². The summed E-state index contributed by atoms with van der Waals surface area (Å²) in [6.07, 6.45) is 4.34. The van der Waals surface area contributed by atoms with Crippen LogP contribution in [0.15, 0.2) is 53.4 Å². The standard InChI is InChI=1S/C19H23FN2S.2ClH/c1-23-18-10-9-16(20)12-15(18)13-22-17-8-5-11-21-19(17)14-6-3-2-4-7-14;;/h2-4,6-7,9-10,12,17,19,21-22H,5,8,11,13H2,1H3;2*1H. The molecule has 138 valence electrons. The molecule has 2 nitrogen and oxygen atoms in total. The van der Waals surface area contributed by atoms with E-state index in [4.69, 9.17) is 0 Å². The zero-order chi connectivity index (χ0) is 16.1. The van der Waals surface area contributed by atoms with Gasteiger partial charge in [-0.3, -0.25) is 0 Å². The van der Waals surface area contributed by atoms with Crippen molar-refractivity contribution in [3.05, 3.63) is 65.5 Å². The molecular formula is C19H25Cl2FN2S. The fraction of sp³-hybridized carbons (Fsp3) is 0.368. The Kier molecular flexibility index (Phi) is 9.83. The molecule has 2 unspecified atom stereocenters. The Morgan fingerprint density at radius 1 is 1.16 bits per heavy atom. The molecule has 0 saturated carbocycles. The van der Waals surface area contributed by atoms with Gasteiger partial charge in [0.2, 0.25) is 0 Å². The van der Waals surface area contributed by atoms with Gasteiger partial charge >= 0.3 is 0 Å². The predicted molar refractivity (Wildman–Crippen MR) is 110 cm³/mol. The van der Waals surface area contributed by atoms with Crippen molar-refractivity contribution in [2.75, 3.05) is 12.8 Å². The van der Waals surface area contributed by atoms with Gasteiger partial charge in [0, 0.05) is 23.5 Å². The maximum atomic E-state index is 13.5. The van der Waals surface area contributed by atoms with Crippen molar-refractivity contribution in [3.63, 3.8) is 0 Å². The lowest BCUT2D eigenvalue weighted by atomic mass is 9.92. The average Bonchev–Trinajstić information content (AvgIpc) is 2.61. The molecule has 6 heteroatoms. The first-order valence-electron chi connectivity index (χ1n) is 8.12. The number of hydrogen-bond donors (Lipinski definition) is 2. The molecule has 3 rings (SSSR count). The minimum Gasteiger partial charge on any atom is -0.309 e. The van der Waals surface area contributed by atoms with Crippen LogP contribution in [0.2, 0.25) is 0 Å². The topological polar surface area (TPSA) is 24.1 Å². The Morgan fingerprint density at radius 2 is 1.92 bits per heavy atom. The van der Waals surface area contributed by atoms with Gasteiger partial charge < -0.3 is 10.6 Å². The summed E-state index contributed by atoms with van der Waals surface area (Å²) in [7, 11) is 0. The summed E-state index contributed by atoms with van der Waals surface area (Å²) in [5, 5.41) is 7.27. The summed E-state index contributed by atoms with van der Waals surface area (Å²) in [6, 6.07) is 16.3. The van der Waals surface area contributed by atoms with Crippen LogP contribution in [0, 0.1) is 5.82 Å². The molecule has 0 aromatic heterocycles. The van der Waals surface area contributed by atoms with Gasteiger partial charge in [-0.2, -0.15) is 0 Å². The summed E-state index contributed by atoms with van der Waals surface area (Å²) in [5.74, 6) is -0.166. The van der Waals surface area contributed by atoms with Crippen molar-refractivity contribution in [1.29, 1.82) is 0 Å². The predicted octanol–water partition coefficient (Wildman–Crippen LogP) is 4.97. The van der Waals surface area contributed by atoms with Gasteiger partial charge in [-0.25, -0.2) is 4.39 Å². The molecule has 0 amide bonds.